The molecule has 0 saturated heterocycles. The topological polar surface area (TPSA) is 79.8 Å². The first kappa shape index (κ1) is 18.0. The van der Waals surface area contributed by atoms with Crippen LogP contribution in [0.15, 0.2) is 70.6 Å². The van der Waals surface area contributed by atoms with Gasteiger partial charge in [0.05, 0.1) is 11.8 Å². The van der Waals surface area contributed by atoms with E-state index in [2.05, 4.69) is 15.5 Å². The molecule has 0 unspecified atom stereocenters. The summed E-state index contributed by atoms with van der Waals surface area (Å²) in [6, 6.07) is 19.0. The first-order valence-corrected chi connectivity index (χ1v) is 9.27. The van der Waals surface area contributed by atoms with Crippen molar-refractivity contribution in [2.75, 3.05) is 5.32 Å². The lowest BCUT2D eigenvalue weighted by Gasteiger charge is -2.14. The van der Waals surface area contributed by atoms with E-state index in [4.69, 9.17) is 0 Å². The average molecular weight is 368 g/mol. The van der Waals surface area contributed by atoms with Crippen molar-refractivity contribution in [3.63, 3.8) is 0 Å². The van der Waals surface area contributed by atoms with Crippen LogP contribution >= 0.6 is 11.8 Å². The Morgan fingerprint density at radius 1 is 1.15 bits per heavy atom. The minimum Gasteiger partial charge on any atom is -0.325 e. The van der Waals surface area contributed by atoms with Crippen LogP contribution in [0.5, 0.6) is 0 Å². The monoisotopic (exact) mass is 368 g/mol. The molecule has 0 aliphatic heterocycles. The van der Waals surface area contributed by atoms with Crippen LogP contribution in [-0.2, 0) is 11.3 Å². The number of hydrogen-bond acceptors (Lipinski definition) is 4. The van der Waals surface area contributed by atoms with Crippen LogP contribution in [0.3, 0.4) is 0 Å². The molecule has 6 nitrogen and oxygen atoms in total. The summed E-state index contributed by atoms with van der Waals surface area (Å²) in [5, 5.41) is 9.64. The highest BCUT2D eigenvalue weighted by molar-refractivity contribution is 8.00. The molecule has 2 N–H and O–H groups in total. The number of rotatable bonds is 7. The Balaban J connectivity index is 1.74. The maximum absolute atomic E-state index is 12.6. The summed E-state index contributed by atoms with van der Waals surface area (Å²) in [6.07, 6.45) is 0.621. The summed E-state index contributed by atoms with van der Waals surface area (Å²) in [6.45, 7) is 2.35. The third kappa shape index (κ3) is 4.43. The van der Waals surface area contributed by atoms with Gasteiger partial charge in [-0.25, -0.2) is 9.89 Å². The highest BCUT2D eigenvalue weighted by Crippen LogP contribution is 2.24. The van der Waals surface area contributed by atoms with Gasteiger partial charge in [-0.1, -0.05) is 67.2 Å². The van der Waals surface area contributed by atoms with Gasteiger partial charge in [0.15, 0.2) is 5.16 Å². The summed E-state index contributed by atoms with van der Waals surface area (Å²) >= 11 is 1.29. The summed E-state index contributed by atoms with van der Waals surface area (Å²) in [5.74, 6) is -0.106. The number of nitrogens with one attached hydrogen (secondary N) is 2. The number of nitrogens with zero attached hydrogens (tertiary/aromatic N) is 2. The second-order valence-corrected chi connectivity index (χ2v) is 6.92. The zero-order valence-corrected chi connectivity index (χ0v) is 15.2. The van der Waals surface area contributed by atoms with Crippen LogP contribution in [0.1, 0.15) is 18.9 Å². The largest absolute Gasteiger partial charge is 0.344 e. The second kappa shape index (κ2) is 8.53. The molecule has 1 heterocycles. The lowest BCUT2D eigenvalue weighted by Crippen LogP contribution is -2.26. The van der Waals surface area contributed by atoms with E-state index in [-0.39, 0.29) is 16.8 Å². The quantitative estimate of drug-likeness (QED) is 0.628. The zero-order valence-electron chi connectivity index (χ0n) is 14.4. The molecular formula is C19H20N4O2S. The molecule has 0 bridgehead atoms. The molecule has 0 spiro atoms. The molecule has 3 rings (SSSR count). The normalized spacial score (nSPS) is 11.9. The van der Waals surface area contributed by atoms with Crippen LogP contribution in [0.25, 0.3) is 0 Å². The first-order chi connectivity index (χ1) is 12.7. The number of para-hydroxylation sites is 1. The van der Waals surface area contributed by atoms with Crippen LogP contribution in [-0.4, -0.2) is 25.9 Å². The van der Waals surface area contributed by atoms with Crippen molar-refractivity contribution in [2.45, 2.75) is 30.3 Å². The molecule has 0 radical (unpaired) electrons. The molecule has 0 fully saturated rings. The van der Waals surface area contributed by atoms with E-state index in [9.17, 15) is 9.59 Å². The smallest absolute Gasteiger partial charge is 0.325 e. The minimum atomic E-state index is -0.347. The van der Waals surface area contributed by atoms with Crippen molar-refractivity contribution in [3.8, 4) is 0 Å². The maximum Gasteiger partial charge on any atom is 0.344 e. The van der Waals surface area contributed by atoms with E-state index in [0.717, 1.165) is 11.3 Å². The van der Waals surface area contributed by atoms with E-state index in [0.29, 0.717) is 18.1 Å². The van der Waals surface area contributed by atoms with Gasteiger partial charge in [0.2, 0.25) is 5.91 Å². The van der Waals surface area contributed by atoms with E-state index in [1.165, 1.54) is 11.8 Å². The van der Waals surface area contributed by atoms with E-state index in [1.54, 1.807) is 4.57 Å². The Morgan fingerprint density at radius 2 is 1.81 bits per heavy atom. The molecule has 0 saturated carbocycles. The van der Waals surface area contributed by atoms with Crippen molar-refractivity contribution in [2.24, 2.45) is 0 Å². The highest BCUT2D eigenvalue weighted by atomic mass is 32.2. The molecule has 1 atom stereocenters. The molecule has 1 amide bonds. The zero-order chi connectivity index (χ0) is 18.4. The fraction of sp³-hybridized carbons (Fsp3) is 0.211. The fourth-order valence-corrected chi connectivity index (χ4v) is 3.45. The van der Waals surface area contributed by atoms with E-state index >= 15 is 0 Å². The van der Waals surface area contributed by atoms with Gasteiger partial charge >= 0.3 is 5.69 Å². The summed E-state index contributed by atoms with van der Waals surface area (Å²) in [5.41, 5.74) is 1.47. The molecule has 0 aliphatic carbocycles. The van der Waals surface area contributed by atoms with Gasteiger partial charge in [-0.05, 0) is 24.1 Å². The lowest BCUT2D eigenvalue weighted by molar-refractivity contribution is -0.115. The third-order valence-electron chi connectivity index (χ3n) is 3.86. The number of benzene rings is 2. The lowest BCUT2D eigenvalue weighted by atomic mass is 10.2. The predicted molar refractivity (Wildman–Crippen MR) is 103 cm³/mol. The fourth-order valence-electron chi connectivity index (χ4n) is 2.49. The Labute approximate surface area is 155 Å². The summed E-state index contributed by atoms with van der Waals surface area (Å²) in [4.78, 5) is 24.7. The van der Waals surface area contributed by atoms with Gasteiger partial charge < -0.3 is 5.32 Å². The van der Waals surface area contributed by atoms with Crippen LogP contribution in [0, 0.1) is 0 Å². The third-order valence-corrected chi connectivity index (χ3v) is 5.21. The predicted octanol–water partition coefficient (Wildman–Crippen LogP) is 3.13. The van der Waals surface area contributed by atoms with Crippen molar-refractivity contribution in [3.05, 3.63) is 76.7 Å². The number of thioether (sulfide) groups is 1. The van der Waals surface area contributed by atoms with Crippen LogP contribution in [0.2, 0.25) is 0 Å². The number of carbonyl (C=O) groups excluding carboxylic acids is 1. The van der Waals surface area contributed by atoms with Crippen LogP contribution in [0.4, 0.5) is 5.69 Å². The van der Waals surface area contributed by atoms with Gasteiger partial charge in [-0.3, -0.25) is 9.36 Å². The number of amides is 1. The Bertz CT molecular complexity index is 906. The highest BCUT2D eigenvalue weighted by Gasteiger charge is 2.22. The number of hydrogen-bond donors (Lipinski definition) is 2. The van der Waals surface area contributed by atoms with Gasteiger partial charge in [0.25, 0.3) is 0 Å². The van der Waals surface area contributed by atoms with Gasteiger partial charge in [-0.2, -0.15) is 0 Å². The van der Waals surface area contributed by atoms with Crippen molar-refractivity contribution in [1.82, 2.24) is 14.8 Å². The Morgan fingerprint density at radius 3 is 2.46 bits per heavy atom. The number of aromatic nitrogens is 3. The molecule has 134 valence electrons. The average Bonchev–Trinajstić information content (AvgIpc) is 3.01. The van der Waals surface area contributed by atoms with E-state index in [1.807, 2.05) is 67.6 Å². The molecular weight excluding hydrogens is 348 g/mol. The number of anilines is 1. The van der Waals surface area contributed by atoms with Crippen LogP contribution < -0.4 is 11.0 Å². The number of H-pyrrole nitrogens is 1. The molecule has 1 aromatic heterocycles. The number of carbonyl (C=O) groups is 1. The molecule has 3 aromatic rings. The van der Waals surface area contributed by atoms with Gasteiger partial charge in [-0.15, -0.1) is 5.10 Å². The molecule has 2 aromatic carbocycles. The van der Waals surface area contributed by atoms with E-state index < -0.39 is 0 Å². The Hall–Kier alpha value is -2.80. The first-order valence-electron chi connectivity index (χ1n) is 8.39. The maximum atomic E-state index is 12.6. The number of aromatic amines is 1. The minimum absolute atomic E-state index is 0.106. The van der Waals surface area contributed by atoms with Crippen molar-refractivity contribution < 1.29 is 4.79 Å². The summed E-state index contributed by atoms with van der Waals surface area (Å²) < 4.78 is 1.55. The van der Waals surface area contributed by atoms with Crippen molar-refractivity contribution in [1.29, 1.82) is 0 Å². The van der Waals surface area contributed by atoms with Gasteiger partial charge in [0, 0.05) is 5.69 Å². The second-order valence-electron chi connectivity index (χ2n) is 5.75. The summed E-state index contributed by atoms with van der Waals surface area (Å²) in [7, 11) is 0. The Kier molecular flexibility index (Phi) is 5.91. The standard InChI is InChI=1S/C19H20N4O2S/c1-2-16(17(24)20-15-11-7-4-8-12-15)26-19-22-21-18(25)23(19)13-14-9-5-3-6-10-14/h3-12,16H,2,13H2,1H3,(H,20,24)(H,21,25)/t16-/m0/s1. The van der Waals surface area contributed by atoms with Crippen molar-refractivity contribution >= 4 is 23.4 Å². The molecule has 26 heavy (non-hydrogen) atoms. The molecule has 0 aliphatic rings. The van der Waals surface area contributed by atoms with Gasteiger partial charge in [0.1, 0.15) is 0 Å². The SMILES string of the molecule is CC[C@H](Sc1n[nH]c(=O)n1Cc1ccccc1)C(=O)Nc1ccccc1. The molecule has 7 heteroatoms.